The molecule has 3 N–H and O–H groups in total. The SMILES string of the molecule is CCCn1ncc(Br)c1C(N)c1ncc[nH]1. The minimum atomic E-state index is -0.279. The molecule has 0 bridgehead atoms. The van der Waals surface area contributed by atoms with Gasteiger partial charge in [-0.15, -0.1) is 0 Å². The molecule has 6 heteroatoms. The molecule has 2 aromatic heterocycles. The van der Waals surface area contributed by atoms with Gasteiger partial charge < -0.3 is 10.7 Å². The monoisotopic (exact) mass is 283 g/mol. The van der Waals surface area contributed by atoms with Crippen molar-refractivity contribution >= 4 is 15.9 Å². The van der Waals surface area contributed by atoms with Crippen molar-refractivity contribution < 1.29 is 0 Å². The molecule has 1 atom stereocenters. The summed E-state index contributed by atoms with van der Waals surface area (Å²) in [6, 6.07) is -0.279. The summed E-state index contributed by atoms with van der Waals surface area (Å²) in [5.74, 6) is 0.749. The largest absolute Gasteiger partial charge is 0.347 e. The molecule has 0 radical (unpaired) electrons. The highest BCUT2D eigenvalue weighted by molar-refractivity contribution is 9.10. The van der Waals surface area contributed by atoms with Crippen molar-refractivity contribution in [2.75, 3.05) is 0 Å². The van der Waals surface area contributed by atoms with Crippen LogP contribution in [-0.4, -0.2) is 19.7 Å². The molecule has 16 heavy (non-hydrogen) atoms. The minimum Gasteiger partial charge on any atom is -0.347 e. The molecule has 0 spiro atoms. The molecule has 0 saturated heterocycles. The standard InChI is InChI=1S/C10H14BrN5/c1-2-5-16-9(7(11)6-15-16)8(12)10-13-3-4-14-10/h3-4,6,8H,2,5,12H2,1H3,(H,13,14). The molecule has 5 nitrogen and oxygen atoms in total. The molecular weight excluding hydrogens is 270 g/mol. The van der Waals surface area contributed by atoms with Crippen LogP contribution in [0.25, 0.3) is 0 Å². The fourth-order valence-electron chi connectivity index (χ4n) is 1.65. The van der Waals surface area contributed by atoms with E-state index in [1.165, 1.54) is 0 Å². The molecule has 0 aromatic carbocycles. The maximum atomic E-state index is 6.15. The number of aromatic amines is 1. The van der Waals surface area contributed by atoms with Crippen LogP contribution >= 0.6 is 15.9 Å². The molecule has 0 fully saturated rings. The van der Waals surface area contributed by atoms with E-state index < -0.39 is 0 Å². The van der Waals surface area contributed by atoms with Crippen LogP contribution in [0.1, 0.15) is 30.9 Å². The third-order valence-electron chi connectivity index (χ3n) is 2.38. The summed E-state index contributed by atoms with van der Waals surface area (Å²) in [6.07, 6.45) is 6.26. The fourth-order valence-corrected chi connectivity index (χ4v) is 2.19. The Kier molecular flexibility index (Phi) is 3.40. The Morgan fingerprint density at radius 3 is 3.06 bits per heavy atom. The zero-order valence-electron chi connectivity index (χ0n) is 9.02. The number of aromatic nitrogens is 4. The Labute approximate surface area is 102 Å². The van der Waals surface area contributed by atoms with Gasteiger partial charge in [0.1, 0.15) is 11.9 Å². The van der Waals surface area contributed by atoms with Crippen LogP contribution in [0.2, 0.25) is 0 Å². The zero-order valence-corrected chi connectivity index (χ0v) is 10.6. The average molecular weight is 284 g/mol. The van der Waals surface area contributed by atoms with E-state index in [9.17, 15) is 0 Å². The van der Waals surface area contributed by atoms with E-state index in [1.54, 1.807) is 18.6 Å². The first-order valence-electron chi connectivity index (χ1n) is 5.20. The van der Waals surface area contributed by atoms with Crippen molar-refractivity contribution in [3.8, 4) is 0 Å². The summed E-state index contributed by atoms with van der Waals surface area (Å²) in [7, 11) is 0. The molecule has 86 valence electrons. The molecule has 0 amide bonds. The number of halogens is 1. The van der Waals surface area contributed by atoms with Crippen molar-refractivity contribution in [3.63, 3.8) is 0 Å². The normalized spacial score (nSPS) is 12.9. The van der Waals surface area contributed by atoms with Gasteiger partial charge in [0.25, 0.3) is 0 Å². The Morgan fingerprint density at radius 2 is 2.44 bits per heavy atom. The highest BCUT2D eigenvalue weighted by Gasteiger charge is 2.19. The highest BCUT2D eigenvalue weighted by Crippen LogP contribution is 2.25. The quantitative estimate of drug-likeness (QED) is 0.899. The van der Waals surface area contributed by atoms with Gasteiger partial charge in [-0.25, -0.2) is 4.98 Å². The lowest BCUT2D eigenvalue weighted by atomic mass is 10.2. The zero-order chi connectivity index (χ0) is 11.5. The van der Waals surface area contributed by atoms with E-state index in [1.807, 2.05) is 4.68 Å². The smallest absolute Gasteiger partial charge is 0.129 e. The number of rotatable bonds is 4. The summed E-state index contributed by atoms with van der Waals surface area (Å²) in [6.45, 7) is 2.97. The van der Waals surface area contributed by atoms with Crippen LogP contribution in [0.15, 0.2) is 23.1 Å². The number of aryl methyl sites for hydroxylation is 1. The van der Waals surface area contributed by atoms with Crippen LogP contribution in [0, 0.1) is 0 Å². The predicted molar refractivity (Wildman–Crippen MR) is 64.8 cm³/mol. The number of nitrogens with one attached hydrogen (secondary N) is 1. The summed E-state index contributed by atoms with van der Waals surface area (Å²) in [5.41, 5.74) is 7.11. The lowest BCUT2D eigenvalue weighted by Crippen LogP contribution is -2.19. The molecule has 2 rings (SSSR count). The molecule has 0 aliphatic heterocycles. The summed E-state index contributed by atoms with van der Waals surface area (Å²) >= 11 is 3.47. The first kappa shape index (κ1) is 11.3. The fraction of sp³-hybridized carbons (Fsp3) is 0.400. The van der Waals surface area contributed by atoms with Gasteiger partial charge in [0.2, 0.25) is 0 Å². The first-order valence-corrected chi connectivity index (χ1v) is 5.99. The van der Waals surface area contributed by atoms with Gasteiger partial charge >= 0.3 is 0 Å². The molecule has 1 unspecified atom stereocenters. The van der Waals surface area contributed by atoms with Crippen LogP contribution in [0.3, 0.4) is 0 Å². The molecule has 0 aliphatic carbocycles. The van der Waals surface area contributed by atoms with Crippen molar-refractivity contribution in [2.45, 2.75) is 25.9 Å². The maximum absolute atomic E-state index is 6.15. The van der Waals surface area contributed by atoms with Gasteiger partial charge in [-0.2, -0.15) is 5.10 Å². The summed E-state index contributed by atoms with van der Waals surface area (Å²) in [5, 5.41) is 4.28. The third-order valence-corrected chi connectivity index (χ3v) is 2.99. The van der Waals surface area contributed by atoms with Gasteiger partial charge in [-0.05, 0) is 22.4 Å². The second kappa shape index (κ2) is 4.80. The third kappa shape index (κ3) is 2.03. The van der Waals surface area contributed by atoms with Crippen LogP contribution in [0.4, 0.5) is 0 Å². The van der Waals surface area contributed by atoms with E-state index >= 15 is 0 Å². The Balaban J connectivity index is 2.35. The molecule has 0 saturated carbocycles. The number of hydrogen-bond acceptors (Lipinski definition) is 3. The van der Waals surface area contributed by atoms with Crippen LogP contribution in [-0.2, 0) is 6.54 Å². The molecule has 2 aromatic rings. The van der Waals surface area contributed by atoms with E-state index in [-0.39, 0.29) is 6.04 Å². The number of H-pyrrole nitrogens is 1. The lowest BCUT2D eigenvalue weighted by molar-refractivity contribution is 0.553. The van der Waals surface area contributed by atoms with Crippen molar-refractivity contribution in [1.29, 1.82) is 0 Å². The topological polar surface area (TPSA) is 72.5 Å². The van der Waals surface area contributed by atoms with Gasteiger partial charge in [0, 0.05) is 18.9 Å². The second-order valence-electron chi connectivity index (χ2n) is 3.55. The predicted octanol–water partition coefficient (Wildman–Crippen LogP) is 1.83. The first-order chi connectivity index (χ1) is 7.74. The van der Waals surface area contributed by atoms with Crippen molar-refractivity contribution in [1.82, 2.24) is 19.7 Å². The van der Waals surface area contributed by atoms with Gasteiger partial charge in [0.15, 0.2) is 0 Å². The van der Waals surface area contributed by atoms with Crippen LogP contribution < -0.4 is 5.73 Å². The molecular formula is C10H14BrN5. The number of nitrogens with two attached hydrogens (primary N) is 1. The Bertz CT molecular complexity index is 448. The summed E-state index contributed by atoms with van der Waals surface area (Å²) in [4.78, 5) is 7.20. The number of nitrogens with zero attached hydrogens (tertiary/aromatic N) is 3. The van der Waals surface area contributed by atoms with E-state index in [2.05, 4.69) is 37.9 Å². The van der Waals surface area contributed by atoms with Gasteiger partial charge in [0.05, 0.1) is 16.4 Å². The van der Waals surface area contributed by atoms with Crippen LogP contribution in [0.5, 0.6) is 0 Å². The second-order valence-corrected chi connectivity index (χ2v) is 4.41. The highest BCUT2D eigenvalue weighted by atomic mass is 79.9. The van der Waals surface area contributed by atoms with E-state index in [0.717, 1.165) is 29.0 Å². The van der Waals surface area contributed by atoms with Crippen molar-refractivity contribution in [3.05, 3.63) is 34.6 Å². The molecule has 0 aliphatic rings. The number of hydrogen-bond donors (Lipinski definition) is 2. The Morgan fingerprint density at radius 1 is 1.62 bits per heavy atom. The van der Waals surface area contributed by atoms with Gasteiger partial charge in [-0.1, -0.05) is 6.92 Å². The molecule has 2 heterocycles. The van der Waals surface area contributed by atoms with E-state index in [0.29, 0.717) is 0 Å². The maximum Gasteiger partial charge on any atom is 0.129 e. The Hall–Kier alpha value is -1.14. The van der Waals surface area contributed by atoms with Crippen molar-refractivity contribution in [2.24, 2.45) is 5.73 Å². The minimum absolute atomic E-state index is 0.279. The number of imidazole rings is 1. The lowest BCUT2D eigenvalue weighted by Gasteiger charge is -2.12. The van der Waals surface area contributed by atoms with E-state index in [4.69, 9.17) is 5.73 Å². The van der Waals surface area contributed by atoms with Gasteiger partial charge in [-0.3, -0.25) is 4.68 Å². The summed E-state index contributed by atoms with van der Waals surface area (Å²) < 4.78 is 2.84. The average Bonchev–Trinajstić information content (AvgIpc) is 2.88.